The Morgan fingerprint density at radius 2 is 1.39 bits per heavy atom. The molecule has 1 unspecified atom stereocenters. The van der Waals surface area contributed by atoms with Crippen LogP contribution in [0.5, 0.6) is 11.5 Å². The van der Waals surface area contributed by atoms with Crippen molar-refractivity contribution >= 4 is 5.57 Å². The summed E-state index contributed by atoms with van der Waals surface area (Å²) in [6, 6.07) is 14.6. The first kappa shape index (κ1) is 18.6. The molecule has 0 heterocycles. The van der Waals surface area contributed by atoms with Gasteiger partial charge in [-0.05, 0) is 95.0 Å². The van der Waals surface area contributed by atoms with Crippen molar-refractivity contribution in [1.82, 2.24) is 0 Å². The zero-order valence-corrected chi connectivity index (χ0v) is 16.4. The third-order valence-corrected chi connectivity index (χ3v) is 5.91. The molecule has 2 aromatic rings. The predicted octanol–water partition coefficient (Wildman–Crippen LogP) is 5.34. The average Bonchev–Trinajstić information content (AvgIpc) is 3.36. The van der Waals surface area contributed by atoms with Crippen LogP contribution in [-0.2, 0) is 0 Å². The molecule has 0 saturated heterocycles. The minimum Gasteiger partial charge on any atom is -0.508 e. The highest BCUT2D eigenvalue weighted by atomic mass is 16.3. The minimum atomic E-state index is 0.159. The van der Waals surface area contributed by atoms with Gasteiger partial charge in [0.05, 0.1) is 0 Å². The van der Waals surface area contributed by atoms with Crippen molar-refractivity contribution in [2.75, 3.05) is 6.61 Å². The Morgan fingerprint density at radius 3 is 1.82 bits per heavy atom. The molecule has 3 nitrogen and oxygen atoms in total. The highest BCUT2D eigenvalue weighted by Crippen LogP contribution is 2.64. The molecule has 0 amide bonds. The molecule has 4 rings (SSSR count). The molecule has 3 N–H and O–H groups in total. The normalized spacial score (nSPS) is 17.3. The highest BCUT2D eigenvalue weighted by molar-refractivity contribution is 5.88. The molecule has 2 aromatic carbocycles. The molecule has 1 fully saturated rings. The topological polar surface area (TPSA) is 60.7 Å². The van der Waals surface area contributed by atoms with E-state index >= 15 is 0 Å². The largest absolute Gasteiger partial charge is 0.508 e. The Balaban J connectivity index is 1.89. The quantitative estimate of drug-likeness (QED) is 0.613. The van der Waals surface area contributed by atoms with Gasteiger partial charge in [0.15, 0.2) is 0 Å². The van der Waals surface area contributed by atoms with Gasteiger partial charge in [0, 0.05) is 12.5 Å². The van der Waals surface area contributed by atoms with E-state index in [9.17, 15) is 15.3 Å². The predicted molar refractivity (Wildman–Crippen MR) is 112 cm³/mol. The molecule has 2 aliphatic carbocycles. The molecule has 0 radical (unpaired) electrons. The number of hydrogen-bond acceptors (Lipinski definition) is 3. The Labute approximate surface area is 166 Å². The first-order valence-corrected chi connectivity index (χ1v) is 9.94. The van der Waals surface area contributed by atoms with Gasteiger partial charge in [-0.3, -0.25) is 0 Å². The lowest BCUT2D eigenvalue weighted by Gasteiger charge is -2.16. The Bertz CT molecular complexity index is 942. The number of aliphatic hydroxyl groups excluding tert-OH is 1. The second-order valence-corrected chi connectivity index (χ2v) is 7.54. The van der Waals surface area contributed by atoms with Crippen molar-refractivity contribution in [2.45, 2.75) is 33.1 Å². The first-order chi connectivity index (χ1) is 13.6. The molecule has 0 aliphatic heterocycles. The van der Waals surface area contributed by atoms with Crippen molar-refractivity contribution in [3.63, 3.8) is 0 Å². The molecule has 1 atom stereocenters. The lowest BCUT2D eigenvalue weighted by Crippen LogP contribution is -1.99. The van der Waals surface area contributed by atoms with Gasteiger partial charge in [-0.15, -0.1) is 0 Å². The lowest BCUT2D eigenvalue weighted by molar-refractivity contribution is 0.288. The van der Waals surface area contributed by atoms with Gasteiger partial charge in [0.2, 0.25) is 0 Å². The van der Waals surface area contributed by atoms with Crippen LogP contribution >= 0.6 is 0 Å². The molecule has 0 aromatic heterocycles. The smallest absolute Gasteiger partial charge is 0.115 e. The summed E-state index contributed by atoms with van der Waals surface area (Å²) >= 11 is 0. The van der Waals surface area contributed by atoms with Crippen LogP contribution in [0.1, 0.15) is 44.2 Å². The Kier molecular flexibility index (Phi) is 4.86. The SMILES string of the molecule is CCC1=C2C(=C1C)C2C(CCCO)=C(c1ccc(O)cc1)c1ccc(O)cc1. The molecule has 0 spiro atoms. The summed E-state index contributed by atoms with van der Waals surface area (Å²) in [6.07, 6.45) is 2.59. The van der Waals surface area contributed by atoms with E-state index in [1.807, 2.05) is 24.3 Å². The number of phenolic OH excluding ortho intramolecular Hbond substituents is 2. The fraction of sp³-hybridized carbons (Fsp3) is 0.280. The van der Waals surface area contributed by atoms with Crippen LogP contribution in [0.4, 0.5) is 0 Å². The van der Waals surface area contributed by atoms with Crippen LogP contribution in [0.3, 0.4) is 0 Å². The van der Waals surface area contributed by atoms with Gasteiger partial charge >= 0.3 is 0 Å². The summed E-state index contributed by atoms with van der Waals surface area (Å²) in [6.45, 7) is 4.57. The van der Waals surface area contributed by atoms with Gasteiger partial charge < -0.3 is 15.3 Å². The standard InChI is InChI=1S/C25H26O3/c1-3-20-15(2)22-24(20)25(22)21(5-4-14-26)23(16-6-10-18(27)11-7-16)17-8-12-19(28)13-9-17/h6-13,25-28H,3-5,14H2,1-2H3. The maximum atomic E-state index is 9.75. The van der Waals surface area contributed by atoms with Crippen LogP contribution in [0.25, 0.3) is 5.57 Å². The van der Waals surface area contributed by atoms with E-state index in [-0.39, 0.29) is 18.1 Å². The van der Waals surface area contributed by atoms with E-state index in [1.54, 1.807) is 24.3 Å². The summed E-state index contributed by atoms with van der Waals surface area (Å²) in [7, 11) is 0. The van der Waals surface area contributed by atoms with Crippen molar-refractivity contribution in [2.24, 2.45) is 5.92 Å². The number of fused-ring (bicyclic) bond motifs is 1. The molecule has 1 saturated carbocycles. The summed E-state index contributed by atoms with van der Waals surface area (Å²) in [4.78, 5) is 0. The fourth-order valence-corrected chi connectivity index (χ4v) is 4.56. The molecule has 3 heteroatoms. The Hall–Kier alpha value is -2.78. The van der Waals surface area contributed by atoms with E-state index in [1.165, 1.54) is 27.9 Å². The van der Waals surface area contributed by atoms with E-state index in [4.69, 9.17) is 0 Å². The molecular formula is C25H26O3. The number of benzene rings is 2. The molecule has 2 aliphatic rings. The average molecular weight is 374 g/mol. The molecule has 0 bridgehead atoms. The third-order valence-electron chi connectivity index (χ3n) is 5.91. The van der Waals surface area contributed by atoms with E-state index < -0.39 is 0 Å². The summed E-state index contributed by atoms with van der Waals surface area (Å²) in [5.41, 5.74) is 10.4. The summed E-state index contributed by atoms with van der Waals surface area (Å²) in [5, 5.41) is 29.0. The third kappa shape index (κ3) is 3.06. The number of rotatable bonds is 7. The zero-order valence-electron chi connectivity index (χ0n) is 16.4. The van der Waals surface area contributed by atoms with Gasteiger partial charge in [-0.25, -0.2) is 0 Å². The monoisotopic (exact) mass is 374 g/mol. The van der Waals surface area contributed by atoms with Crippen molar-refractivity contribution in [3.8, 4) is 11.5 Å². The maximum absolute atomic E-state index is 9.75. The summed E-state index contributed by atoms with van der Waals surface area (Å²) in [5.74, 6) is 0.831. The van der Waals surface area contributed by atoms with Crippen LogP contribution in [0, 0.1) is 5.92 Å². The van der Waals surface area contributed by atoms with Crippen LogP contribution in [0.2, 0.25) is 0 Å². The summed E-state index contributed by atoms with van der Waals surface area (Å²) < 4.78 is 0. The van der Waals surface area contributed by atoms with Crippen LogP contribution in [-0.4, -0.2) is 21.9 Å². The van der Waals surface area contributed by atoms with Gasteiger partial charge in [-0.2, -0.15) is 0 Å². The van der Waals surface area contributed by atoms with Crippen molar-refractivity contribution < 1.29 is 15.3 Å². The second-order valence-electron chi connectivity index (χ2n) is 7.54. The highest BCUT2D eigenvalue weighted by Gasteiger charge is 2.50. The molecular weight excluding hydrogens is 348 g/mol. The van der Waals surface area contributed by atoms with Crippen LogP contribution in [0.15, 0.2) is 76.4 Å². The fourth-order valence-electron chi connectivity index (χ4n) is 4.56. The second kappa shape index (κ2) is 7.33. The van der Waals surface area contributed by atoms with Gasteiger partial charge in [-0.1, -0.05) is 31.2 Å². The lowest BCUT2D eigenvalue weighted by atomic mass is 9.88. The van der Waals surface area contributed by atoms with Crippen molar-refractivity contribution in [3.05, 3.63) is 87.5 Å². The van der Waals surface area contributed by atoms with Crippen molar-refractivity contribution in [1.29, 1.82) is 0 Å². The van der Waals surface area contributed by atoms with E-state index in [2.05, 4.69) is 13.8 Å². The number of allylic oxidation sites excluding steroid dienone is 5. The molecule has 28 heavy (non-hydrogen) atoms. The van der Waals surface area contributed by atoms with Gasteiger partial charge in [0.1, 0.15) is 11.5 Å². The number of aliphatic hydroxyl groups is 1. The van der Waals surface area contributed by atoms with Gasteiger partial charge in [0.25, 0.3) is 0 Å². The Morgan fingerprint density at radius 1 is 0.857 bits per heavy atom. The van der Waals surface area contributed by atoms with Crippen LogP contribution < -0.4 is 0 Å². The number of phenols is 2. The number of hydrogen-bond donors (Lipinski definition) is 3. The maximum Gasteiger partial charge on any atom is 0.115 e. The molecule has 144 valence electrons. The number of aromatic hydroxyl groups is 2. The van der Waals surface area contributed by atoms with E-state index in [0.29, 0.717) is 12.3 Å². The zero-order chi connectivity index (χ0) is 19.8. The minimum absolute atomic E-state index is 0.159. The first-order valence-electron chi connectivity index (χ1n) is 9.94. The van der Waals surface area contributed by atoms with E-state index in [0.717, 1.165) is 29.5 Å².